The second-order valence-corrected chi connectivity index (χ2v) is 2.21. The molecule has 0 aliphatic rings. The number of hydrogen-bond donors (Lipinski definition) is 1. The Morgan fingerprint density at radius 1 is 1.73 bits per heavy atom. The highest BCUT2D eigenvalue weighted by atomic mass is 16.3. The van der Waals surface area contributed by atoms with Crippen LogP contribution in [0.4, 0.5) is 0 Å². The van der Waals surface area contributed by atoms with Gasteiger partial charge in [-0.25, -0.2) is 0 Å². The van der Waals surface area contributed by atoms with Crippen LogP contribution >= 0.6 is 0 Å². The Bertz CT molecular complexity index is 271. The van der Waals surface area contributed by atoms with Gasteiger partial charge in [0.1, 0.15) is 0 Å². The van der Waals surface area contributed by atoms with Crippen molar-refractivity contribution < 1.29 is 9.90 Å². The average Bonchev–Trinajstić information content (AvgIpc) is 2.04. The maximum Gasteiger partial charge on any atom is 0.161 e. The number of rotatable bonds is 2. The van der Waals surface area contributed by atoms with E-state index in [0.29, 0.717) is 11.3 Å². The lowest BCUT2D eigenvalue weighted by molar-refractivity contribution is 0.101. The van der Waals surface area contributed by atoms with E-state index in [-0.39, 0.29) is 12.4 Å². The molecule has 1 N–H and O–H groups in total. The van der Waals surface area contributed by atoms with Crippen molar-refractivity contribution in [3.63, 3.8) is 0 Å². The molecular weight excluding hydrogens is 142 g/mol. The fourth-order valence-corrected chi connectivity index (χ4v) is 0.885. The van der Waals surface area contributed by atoms with Gasteiger partial charge < -0.3 is 5.11 Å². The molecule has 0 saturated carbocycles. The van der Waals surface area contributed by atoms with Crippen molar-refractivity contribution in [1.29, 1.82) is 0 Å². The van der Waals surface area contributed by atoms with Crippen LogP contribution in [0.25, 0.3) is 0 Å². The number of aliphatic hydroxyl groups excluding tert-OH is 1. The zero-order chi connectivity index (χ0) is 8.27. The van der Waals surface area contributed by atoms with Gasteiger partial charge >= 0.3 is 0 Å². The van der Waals surface area contributed by atoms with Gasteiger partial charge in [0, 0.05) is 11.8 Å². The number of pyridine rings is 1. The fourth-order valence-electron chi connectivity index (χ4n) is 0.885. The molecule has 3 heteroatoms. The number of carbonyl (C=O) groups is 1. The van der Waals surface area contributed by atoms with Gasteiger partial charge in [-0.15, -0.1) is 0 Å². The van der Waals surface area contributed by atoms with Crippen molar-refractivity contribution in [1.82, 2.24) is 4.98 Å². The molecule has 1 aromatic rings. The molecule has 11 heavy (non-hydrogen) atoms. The van der Waals surface area contributed by atoms with E-state index in [1.807, 2.05) is 0 Å². The summed E-state index contributed by atoms with van der Waals surface area (Å²) < 4.78 is 0. The molecule has 1 heterocycles. The van der Waals surface area contributed by atoms with Crippen LogP contribution < -0.4 is 0 Å². The largest absolute Gasteiger partial charge is 0.390 e. The van der Waals surface area contributed by atoms with Crippen LogP contribution in [-0.4, -0.2) is 15.9 Å². The minimum Gasteiger partial charge on any atom is -0.390 e. The van der Waals surface area contributed by atoms with Crippen LogP contribution in [0.15, 0.2) is 18.3 Å². The van der Waals surface area contributed by atoms with Crippen LogP contribution in [0.1, 0.15) is 23.0 Å². The molecule has 0 unspecified atom stereocenters. The molecule has 1 aromatic heterocycles. The van der Waals surface area contributed by atoms with Crippen LogP contribution in [-0.2, 0) is 6.61 Å². The highest BCUT2D eigenvalue weighted by Crippen LogP contribution is 2.05. The van der Waals surface area contributed by atoms with Crippen molar-refractivity contribution in [3.05, 3.63) is 29.6 Å². The molecule has 0 spiro atoms. The van der Waals surface area contributed by atoms with Crippen molar-refractivity contribution in [2.24, 2.45) is 0 Å². The Balaban J connectivity index is 3.12. The summed E-state index contributed by atoms with van der Waals surface area (Å²) in [7, 11) is 0. The molecular formula is C8H9NO2. The highest BCUT2D eigenvalue weighted by Gasteiger charge is 2.04. The Morgan fingerprint density at radius 2 is 2.45 bits per heavy atom. The fraction of sp³-hybridized carbons (Fsp3) is 0.250. The quantitative estimate of drug-likeness (QED) is 0.635. The van der Waals surface area contributed by atoms with Crippen molar-refractivity contribution in [2.75, 3.05) is 0 Å². The third kappa shape index (κ3) is 1.62. The summed E-state index contributed by atoms with van der Waals surface area (Å²) in [5.41, 5.74) is 0.940. The minimum absolute atomic E-state index is 0.0675. The van der Waals surface area contributed by atoms with Gasteiger partial charge in [-0.05, 0) is 19.1 Å². The van der Waals surface area contributed by atoms with Gasteiger partial charge in [-0.1, -0.05) is 0 Å². The van der Waals surface area contributed by atoms with Crippen LogP contribution in [0.2, 0.25) is 0 Å². The van der Waals surface area contributed by atoms with Gasteiger partial charge in [0.2, 0.25) is 0 Å². The first-order valence-corrected chi connectivity index (χ1v) is 3.31. The van der Waals surface area contributed by atoms with Gasteiger partial charge in [0.15, 0.2) is 5.78 Å². The number of carbonyl (C=O) groups excluding carboxylic acids is 1. The molecule has 3 nitrogen and oxygen atoms in total. The lowest BCUT2D eigenvalue weighted by Gasteiger charge is -1.99. The monoisotopic (exact) mass is 151 g/mol. The molecule has 0 bridgehead atoms. The topological polar surface area (TPSA) is 50.2 Å². The van der Waals surface area contributed by atoms with E-state index < -0.39 is 0 Å². The zero-order valence-corrected chi connectivity index (χ0v) is 6.24. The predicted molar refractivity (Wildman–Crippen MR) is 40.2 cm³/mol. The second kappa shape index (κ2) is 3.25. The van der Waals surface area contributed by atoms with Crippen molar-refractivity contribution in [3.8, 4) is 0 Å². The first-order chi connectivity index (χ1) is 5.25. The number of aromatic nitrogens is 1. The molecule has 58 valence electrons. The SMILES string of the molecule is CC(=O)c1cccnc1CO. The Morgan fingerprint density at radius 3 is 2.91 bits per heavy atom. The number of Topliss-reactive ketones (excluding diaryl/α,β-unsaturated/α-hetero) is 1. The van der Waals surface area contributed by atoms with Crippen molar-refractivity contribution in [2.45, 2.75) is 13.5 Å². The van der Waals surface area contributed by atoms with E-state index in [0.717, 1.165) is 0 Å². The van der Waals surface area contributed by atoms with Crippen LogP contribution in [0.5, 0.6) is 0 Å². The Hall–Kier alpha value is -1.22. The Labute approximate surface area is 64.7 Å². The van der Waals surface area contributed by atoms with E-state index in [4.69, 9.17) is 5.11 Å². The average molecular weight is 151 g/mol. The third-order valence-corrected chi connectivity index (χ3v) is 1.42. The molecule has 0 fully saturated rings. The highest BCUT2D eigenvalue weighted by molar-refractivity contribution is 5.94. The summed E-state index contributed by atoms with van der Waals surface area (Å²) in [5, 5.41) is 8.75. The van der Waals surface area contributed by atoms with Gasteiger partial charge in [-0.3, -0.25) is 9.78 Å². The van der Waals surface area contributed by atoms with E-state index in [1.54, 1.807) is 18.3 Å². The number of hydrogen-bond acceptors (Lipinski definition) is 3. The molecule has 0 amide bonds. The van der Waals surface area contributed by atoms with Gasteiger partial charge in [0.25, 0.3) is 0 Å². The lowest BCUT2D eigenvalue weighted by Crippen LogP contribution is -2.01. The van der Waals surface area contributed by atoms with Gasteiger partial charge in [0.05, 0.1) is 12.3 Å². The van der Waals surface area contributed by atoms with Crippen LogP contribution in [0, 0.1) is 0 Å². The molecule has 0 aliphatic carbocycles. The summed E-state index contributed by atoms with van der Waals surface area (Å²) in [6.45, 7) is 1.27. The summed E-state index contributed by atoms with van der Waals surface area (Å²) in [4.78, 5) is 14.7. The maximum absolute atomic E-state index is 10.9. The van der Waals surface area contributed by atoms with E-state index in [2.05, 4.69) is 4.98 Å². The van der Waals surface area contributed by atoms with Gasteiger partial charge in [-0.2, -0.15) is 0 Å². The summed E-state index contributed by atoms with van der Waals surface area (Å²) >= 11 is 0. The first kappa shape index (κ1) is 7.88. The van der Waals surface area contributed by atoms with E-state index in [1.165, 1.54) is 6.92 Å². The maximum atomic E-state index is 10.9. The molecule has 1 rings (SSSR count). The third-order valence-electron chi connectivity index (χ3n) is 1.42. The first-order valence-electron chi connectivity index (χ1n) is 3.31. The lowest BCUT2D eigenvalue weighted by atomic mass is 10.1. The van der Waals surface area contributed by atoms with Crippen molar-refractivity contribution >= 4 is 5.78 Å². The molecule has 0 atom stereocenters. The predicted octanol–water partition coefficient (Wildman–Crippen LogP) is 0.776. The molecule has 0 radical (unpaired) electrons. The number of ketones is 1. The Kier molecular flexibility index (Phi) is 2.33. The van der Waals surface area contributed by atoms with E-state index >= 15 is 0 Å². The summed E-state index contributed by atoms with van der Waals surface area (Å²) in [6.07, 6.45) is 1.55. The van der Waals surface area contributed by atoms with E-state index in [9.17, 15) is 4.79 Å². The summed E-state index contributed by atoms with van der Waals surface area (Å²) in [5.74, 6) is -0.0675. The van der Waals surface area contributed by atoms with Crippen LogP contribution in [0.3, 0.4) is 0 Å². The normalized spacial score (nSPS) is 9.64. The standard InChI is InChI=1S/C8H9NO2/c1-6(11)7-3-2-4-9-8(7)5-10/h2-4,10H,5H2,1H3. The number of nitrogens with zero attached hydrogens (tertiary/aromatic N) is 1. The second-order valence-electron chi connectivity index (χ2n) is 2.21. The molecule has 0 aliphatic heterocycles. The minimum atomic E-state index is -0.185. The molecule has 0 aromatic carbocycles. The summed E-state index contributed by atoms with van der Waals surface area (Å²) in [6, 6.07) is 3.33. The number of aliphatic hydroxyl groups is 1. The smallest absolute Gasteiger partial charge is 0.161 e. The molecule has 0 saturated heterocycles. The zero-order valence-electron chi connectivity index (χ0n) is 6.24.